The van der Waals surface area contributed by atoms with Crippen molar-refractivity contribution in [3.63, 3.8) is 0 Å². The summed E-state index contributed by atoms with van der Waals surface area (Å²) in [5.74, 6) is -2.04. The van der Waals surface area contributed by atoms with E-state index >= 15 is 0 Å². The fraction of sp³-hybridized carbons (Fsp3) is 0.200. The summed E-state index contributed by atoms with van der Waals surface area (Å²) in [7, 11) is 0. The predicted octanol–water partition coefficient (Wildman–Crippen LogP) is 2.84. The van der Waals surface area contributed by atoms with E-state index in [1.807, 2.05) is 0 Å². The van der Waals surface area contributed by atoms with Crippen molar-refractivity contribution in [1.29, 1.82) is 0 Å². The standard InChI is InChI=1S/C20H19ClN2O5/c1-12(22-19(26)14-7-9-15(21)10-8-14)20(27)28-11-18(25)23-17-6-4-3-5-16(17)13(2)24/h3-10,12H,11H2,1-2H3,(H,22,26)(H,23,25)/t12-/m0/s1. The van der Waals surface area contributed by atoms with E-state index in [2.05, 4.69) is 10.6 Å². The molecule has 2 amide bonds. The molecule has 0 unspecified atom stereocenters. The Hall–Kier alpha value is -3.19. The van der Waals surface area contributed by atoms with Crippen LogP contribution < -0.4 is 10.6 Å². The number of carbonyl (C=O) groups is 4. The Morgan fingerprint density at radius 1 is 1.04 bits per heavy atom. The number of hydrogen-bond donors (Lipinski definition) is 2. The maximum Gasteiger partial charge on any atom is 0.328 e. The zero-order valence-electron chi connectivity index (χ0n) is 15.3. The Morgan fingerprint density at radius 2 is 1.68 bits per heavy atom. The Balaban J connectivity index is 1.85. The fourth-order valence-corrected chi connectivity index (χ4v) is 2.41. The van der Waals surface area contributed by atoms with E-state index in [0.29, 0.717) is 21.8 Å². The van der Waals surface area contributed by atoms with Gasteiger partial charge >= 0.3 is 5.97 Å². The van der Waals surface area contributed by atoms with Crippen LogP contribution in [0.1, 0.15) is 34.6 Å². The van der Waals surface area contributed by atoms with Gasteiger partial charge in [-0.15, -0.1) is 0 Å². The predicted molar refractivity (Wildman–Crippen MR) is 104 cm³/mol. The summed E-state index contributed by atoms with van der Waals surface area (Å²) in [4.78, 5) is 47.6. The maximum absolute atomic E-state index is 12.1. The van der Waals surface area contributed by atoms with Crippen molar-refractivity contribution in [2.24, 2.45) is 0 Å². The lowest BCUT2D eigenvalue weighted by Gasteiger charge is -2.14. The first kappa shape index (κ1) is 21.1. The van der Waals surface area contributed by atoms with Gasteiger partial charge in [-0.05, 0) is 50.2 Å². The lowest BCUT2D eigenvalue weighted by Crippen LogP contribution is -2.40. The Bertz CT molecular complexity index is 896. The second-order valence-corrected chi connectivity index (χ2v) is 6.40. The van der Waals surface area contributed by atoms with Crippen molar-refractivity contribution in [1.82, 2.24) is 5.32 Å². The molecule has 0 saturated carbocycles. The van der Waals surface area contributed by atoms with Crippen molar-refractivity contribution in [3.05, 3.63) is 64.7 Å². The third-order valence-corrected chi connectivity index (χ3v) is 3.99. The lowest BCUT2D eigenvalue weighted by molar-refractivity contribution is -0.148. The average Bonchev–Trinajstić information content (AvgIpc) is 2.66. The van der Waals surface area contributed by atoms with Gasteiger partial charge in [-0.2, -0.15) is 0 Å². The van der Waals surface area contributed by atoms with E-state index < -0.39 is 30.4 Å². The third kappa shape index (κ3) is 5.92. The lowest BCUT2D eigenvalue weighted by atomic mass is 10.1. The third-order valence-electron chi connectivity index (χ3n) is 3.73. The molecule has 0 aliphatic carbocycles. The molecule has 8 heteroatoms. The normalized spacial score (nSPS) is 11.2. The Kier molecular flexibility index (Phi) is 7.28. The van der Waals surface area contributed by atoms with Crippen LogP contribution in [-0.2, 0) is 14.3 Å². The number of halogens is 1. The van der Waals surface area contributed by atoms with E-state index in [1.165, 1.54) is 26.0 Å². The number of amides is 2. The molecule has 1 atom stereocenters. The highest BCUT2D eigenvalue weighted by Gasteiger charge is 2.19. The molecule has 0 aliphatic heterocycles. The van der Waals surface area contributed by atoms with Crippen LogP contribution in [0.15, 0.2) is 48.5 Å². The molecule has 146 valence electrons. The molecule has 2 aromatic rings. The van der Waals surface area contributed by atoms with E-state index in [1.54, 1.807) is 36.4 Å². The summed E-state index contributed by atoms with van der Waals surface area (Å²) < 4.78 is 4.92. The minimum absolute atomic E-state index is 0.202. The van der Waals surface area contributed by atoms with E-state index in [4.69, 9.17) is 16.3 Å². The number of carbonyl (C=O) groups excluding carboxylic acids is 4. The molecule has 2 rings (SSSR count). The largest absolute Gasteiger partial charge is 0.454 e. The van der Waals surface area contributed by atoms with E-state index in [9.17, 15) is 19.2 Å². The van der Waals surface area contributed by atoms with Crippen molar-refractivity contribution >= 4 is 40.9 Å². The molecular formula is C20H19ClN2O5. The highest BCUT2D eigenvalue weighted by molar-refractivity contribution is 6.30. The highest BCUT2D eigenvalue weighted by Crippen LogP contribution is 2.15. The van der Waals surface area contributed by atoms with Gasteiger partial charge in [0.05, 0.1) is 5.69 Å². The number of anilines is 1. The molecule has 0 saturated heterocycles. The molecule has 0 spiro atoms. The molecule has 28 heavy (non-hydrogen) atoms. The first-order valence-corrected chi connectivity index (χ1v) is 8.78. The van der Waals surface area contributed by atoms with Gasteiger partial charge in [0, 0.05) is 16.1 Å². The summed E-state index contributed by atoms with van der Waals surface area (Å²) in [5.41, 5.74) is 1.02. The maximum atomic E-state index is 12.1. The topological polar surface area (TPSA) is 102 Å². The average molecular weight is 403 g/mol. The van der Waals surface area contributed by atoms with Gasteiger partial charge < -0.3 is 15.4 Å². The minimum Gasteiger partial charge on any atom is -0.454 e. The monoisotopic (exact) mass is 402 g/mol. The zero-order valence-corrected chi connectivity index (χ0v) is 16.1. The SMILES string of the molecule is CC(=O)c1ccccc1NC(=O)COC(=O)[C@H](C)NC(=O)c1ccc(Cl)cc1. The molecule has 2 aromatic carbocycles. The van der Waals surface area contributed by atoms with Gasteiger partial charge in [0.1, 0.15) is 6.04 Å². The minimum atomic E-state index is -0.958. The summed E-state index contributed by atoms with van der Waals surface area (Å²) in [6.07, 6.45) is 0. The number of rotatable bonds is 7. The number of benzene rings is 2. The van der Waals surface area contributed by atoms with Crippen molar-refractivity contribution < 1.29 is 23.9 Å². The number of hydrogen-bond acceptors (Lipinski definition) is 5. The molecule has 0 aliphatic rings. The summed E-state index contributed by atoms with van der Waals surface area (Å²) in [6.45, 7) is 2.28. The van der Waals surface area contributed by atoms with Crippen LogP contribution in [0.5, 0.6) is 0 Å². The molecule has 0 heterocycles. The van der Waals surface area contributed by atoms with Crippen LogP contribution >= 0.6 is 11.6 Å². The summed E-state index contributed by atoms with van der Waals surface area (Å²) in [5, 5.41) is 5.49. The molecular weight excluding hydrogens is 384 g/mol. The van der Waals surface area contributed by atoms with Gasteiger partial charge in [0.15, 0.2) is 12.4 Å². The second-order valence-electron chi connectivity index (χ2n) is 5.96. The second kappa shape index (κ2) is 9.66. The van der Waals surface area contributed by atoms with Crippen LogP contribution in [0.3, 0.4) is 0 Å². The molecule has 0 radical (unpaired) electrons. The molecule has 0 aromatic heterocycles. The number of nitrogens with one attached hydrogen (secondary N) is 2. The first-order chi connectivity index (χ1) is 13.3. The van der Waals surface area contributed by atoms with Crippen molar-refractivity contribution in [2.75, 3.05) is 11.9 Å². The van der Waals surface area contributed by atoms with Gasteiger partial charge in [0.25, 0.3) is 11.8 Å². The van der Waals surface area contributed by atoms with Crippen LogP contribution in [0.2, 0.25) is 5.02 Å². The number of Topliss-reactive ketones (excluding diaryl/α,β-unsaturated/α-hetero) is 1. The number of para-hydroxylation sites is 1. The van der Waals surface area contributed by atoms with E-state index in [0.717, 1.165) is 0 Å². The highest BCUT2D eigenvalue weighted by atomic mass is 35.5. The number of esters is 1. The van der Waals surface area contributed by atoms with Gasteiger partial charge in [-0.3, -0.25) is 14.4 Å². The fourth-order valence-electron chi connectivity index (χ4n) is 2.29. The van der Waals surface area contributed by atoms with Crippen molar-refractivity contribution in [3.8, 4) is 0 Å². The van der Waals surface area contributed by atoms with Crippen LogP contribution in [0.25, 0.3) is 0 Å². The van der Waals surface area contributed by atoms with Gasteiger partial charge in [0.2, 0.25) is 0 Å². The molecule has 0 fully saturated rings. The van der Waals surface area contributed by atoms with Crippen LogP contribution in [0, 0.1) is 0 Å². The van der Waals surface area contributed by atoms with Crippen LogP contribution in [0.4, 0.5) is 5.69 Å². The quantitative estimate of drug-likeness (QED) is 0.547. The molecule has 7 nitrogen and oxygen atoms in total. The first-order valence-electron chi connectivity index (χ1n) is 8.41. The Labute approximate surface area is 167 Å². The number of ketones is 1. The Morgan fingerprint density at radius 3 is 2.32 bits per heavy atom. The van der Waals surface area contributed by atoms with E-state index in [-0.39, 0.29) is 5.78 Å². The van der Waals surface area contributed by atoms with Crippen molar-refractivity contribution in [2.45, 2.75) is 19.9 Å². The van der Waals surface area contributed by atoms with Crippen LogP contribution in [-0.4, -0.2) is 36.2 Å². The summed E-state index contributed by atoms with van der Waals surface area (Å²) >= 11 is 5.77. The zero-order chi connectivity index (χ0) is 20.7. The molecule has 2 N–H and O–H groups in total. The smallest absolute Gasteiger partial charge is 0.328 e. The summed E-state index contributed by atoms with van der Waals surface area (Å²) in [6, 6.07) is 11.7. The van der Waals surface area contributed by atoms with Gasteiger partial charge in [-0.25, -0.2) is 4.79 Å². The van der Waals surface area contributed by atoms with Gasteiger partial charge in [-0.1, -0.05) is 23.7 Å². The molecule has 0 bridgehead atoms. The number of ether oxygens (including phenoxy) is 1.